The molecule has 1 fully saturated rings. The molecule has 0 atom stereocenters. The van der Waals surface area contributed by atoms with Gasteiger partial charge in [0.2, 0.25) is 0 Å². The predicted octanol–water partition coefficient (Wildman–Crippen LogP) is 0.559. The number of sulfone groups is 1. The van der Waals surface area contributed by atoms with Crippen LogP contribution in [0.1, 0.15) is 0 Å². The number of hydrogen-bond donors (Lipinski definition) is 1. The van der Waals surface area contributed by atoms with Gasteiger partial charge in [-0.1, -0.05) is 12.1 Å². The fourth-order valence-electron chi connectivity index (χ4n) is 2.24. The Labute approximate surface area is 114 Å². The third kappa shape index (κ3) is 4.11. The minimum atomic E-state index is -2.89. The van der Waals surface area contributed by atoms with Crippen LogP contribution in [-0.4, -0.2) is 63.2 Å². The van der Waals surface area contributed by atoms with Crippen molar-refractivity contribution in [3.05, 3.63) is 24.3 Å². The van der Waals surface area contributed by atoms with E-state index >= 15 is 0 Å². The molecular weight excluding hydrogens is 264 g/mol. The predicted molar refractivity (Wildman–Crippen MR) is 76.5 cm³/mol. The normalized spacial score (nSPS) is 17.6. The van der Waals surface area contributed by atoms with Gasteiger partial charge < -0.3 is 10.0 Å². The first-order chi connectivity index (χ1) is 8.96. The minimum absolute atomic E-state index is 0.212. The van der Waals surface area contributed by atoms with Gasteiger partial charge >= 0.3 is 0 Å². The van der Waals surface area contributed by atoms with Gasteiger partial charge in [0.15, 0.2) is 0 Å². The summed E-state index contributed by atoms with van der Waals surface area (Å²) in [5.41, 5.74) is 0.852. The minimum Gasteiger partial charge on any atom is -0.506 e. The Bertz CT molecular complexity index is 522. The fourth-order valence-corrected chi connectivity index (χ4v) is 2.83. The molecule has 0 aliphatic carbocycles. The van der Waals surface area contributed by atoms with Gasteiger partial charge in [-0.3, -0.25) is 4.90 Å². The summed E-state index contributed by atoms with van der Waals surface area (Å²) in [6, 6.07) is 7.30. The second-order valence-electron chi connectivity index (χ2n) is 4.95. The molecule has 5 nitrogen and oxygen atoms in total. The molecule has 1 saturated heterocycles. The zero-order valence-corrected chi connectivity index (χ0v) is 11.9. The molecule has 0 bridgehead atoms. The molecule has 19 heavy (non-hydrogen) atoms. The molecule has 2 rings (SSSR count). The van der Waals surface area contributed by atoms with Crippen molar-refractivity contribution < 1.29 is 13.5 Å². The number of aromatic hydroxyl groups is 1. The highest BCUT2D eigenvalue weighted by molar-refractivity contribution is 7.90. The van der Waals surface area contributed by atoms with E-state index in [9.17, 15) is 13.5 Å². The van der Waals surface area contributed by atoms with Crippen molar-refractivity contribution in [3.63, 3.8) is 0 Å². The molecule has 0 radical (unpaired) electrons. The van der Waals surface area contributed by atoms with Crippen molar-refractivity contribution in [3.8, 4) is 5.75 Å². The van der Waals surface area contributed by atoms with Crippen LogP contribution in [0.3, 0.4) is 0 Å². The number of phenolic OH excluding ortho intramolecular Hbond substituents is 1. The van der Waals surface area contributed by atoms with Crippen LogP contribution in [0.2, 0.25) is 0 Å². The molecule has 1 N–H and O–H groups in total. The molecule has 0 saturated carbocycles. The summed E-state index contributed by atoms with van der Waals surface area (Å²) in [6.45, 7) is 3.85. The van der Waals surface area contributed by atoms with Gasteiger partial charge in [-0.05, 0) is 12.1 Å². The first kappa shape index (κ1) is 14.1. The van der Waals surface area contributed by atoms with Crippen molar-refractivity contribution in [2.45, 2.75) is 0 Å². The molecule has 0 unspecified atom stereocenters. The number of benzene rings is 1. The number of anilines is 1. The average molecular weight is 284 g/mol. The second-order valence-corrected chi connectivity index (χ2v) is 7.21. The van der Waals surface area contributed by atoms with Gasteiger partial charge in [0.05, 0.1) is 11.4 Å². The number of piperazine rings is 1. The molecule has 1 heterocycles. The Hall–Kier alpha value is -1.27. The summed E-state index contributed by atoms with van der Waals surface area (Å²) in [4.78, 5) is 4.28. The van der Waals surface area contributed by atoms with Crippen LogP contribution in [0.15, 0.2) is 24.3 Å². The molecule has 1 aromatic carbocycles. The maximum Gasteiger partial charge on any atom is 0.148 e. The lowest BCUT2D eigenvalue weighted by atomic mass is 10.2. The highest BCUT2D eigenvalue weighted by Gasteiger charge is 2.19. The zero-order valence-electron chi connectivity index (χ0n) is 11.1. The third-order valence-corrected chi connectivity index (χ3v) is 4.30. The average Bonchev–Trinajstić information content (AvgIpc) is 2.37. The van der Waals surface area contributed by atoms with Crippen LogP contribution in [0.5, 0.6) is 5.75 Å². The first-order valence-electron chi connectivity index (χ1n) is 6.39. The van der Waals surface area contributed by atoms with Crippen molar-refractivity contribution in [2.75, 3.05) is 49.6 Å². The van der Waals surface area contributed by atoms with E-state index in [2.05, 4.69) is 9.80 Å². The van der Waals surface area contributed by atoms with Gasteiger partial charge in [0, 0.05) is 39.0 Å². The number of para-hydroxylation sites is 2. The molecule has 1 aromatic rings. The summed E-state index contributed by atoms with van der Waals surface area (Å²) in [7, 11) is -2.89. The Morgan fingerprint density at radius 1 is 1.16 bits per heavy atom. The Morgan fingerprint density at radius 2 is 1.79 bits per heavy atom. The van der Waals surface area contributed by atoms with E-state index in [1.807, 2.05) is 12.1 Å². The Kier molecular flexibility index (Phi) is 4.31. The van der Waals surface area contributed by atoms with E-state index < -0.39 is 9.84 Å². The van der Waals surface area contributed by atoms with E-state index in [0.29, 0.717) is 12.3 Å². The van der Waals surface area contributed by atoms with Gasteiger partial charge in [0.1, 0.15) is 15.6 Å². The van der Waals surface area contributed by atoms with Crippen molar-refractivity contribution in [1.82, 2.24) is 4.90 Å². The molecule has 1 aliphatic rings. The van der Waals surface area contributed by atoms with Crippen LogP contribution >= 0.6 is 0 Å². The first-order valence-corrected chi connectivity index (χ1v) is 8.45. The Balaban J connectivity index is 1.88. The highest BCUT2D eigenvalue weighted by Crippen LogP contribution is 2.27. The monoisotopic (exact) mass is 284 g/mol. The molecule has 0 amide bonds. The largest absolute Gasteiger partial charge is 0.506 e. The lowest BCUT2D eigenvalue weighted by Gasteiger charge is -2.36. The van der Waals surface area contributed by atoms with Crippen LogP contribution in [0, 0.1) is 0 Å². The Morgan fingerprint density at radius 3 is 2.37 bits per heavy atom. The smallest absolute Gasteiger partial charge is 0.148 e. The van der Waals surface area contributed by atoms with Crippen molar-refractivity contribution in [2.24, 2.45) is 0 Å². The molecule has 1 aliphatic heterocycles. The standard InChI is InChI=1S/C13H20N2O3S/c1-19(17,18)11-10-14-6-8-15(9-7-14)12-4-2-3-5-13(12)16/h2-5,16H,6-11H2,1H3. The summed E-state index contributed by atoms with van der Waals surface area (Å²) in [5, 5.41) is 9.80. The number of rotatable bonds is 4. The van der Waals surface area contributed by atoms with Crippen molar-refractivity contribution >= 4 is 15.5 Å². The van der Waals surface area contributed by atoms with Crippen LogP contribution < -0.4 is 4.90 Å². The lowest BCUT2D eigenvalue weighted by molar-refractivity contribution is 0.271. The molecule has 106 valence electrons. The maximum atomic E-state index is 11.1. The van der Waals surface area contributed by atoms with Crippen LogP contribution in [0.25, 0.3) is 0 Å². The fraction of sp³-hybridized carbons (Fsp3) is 0.538. The van der Waals surface area contributed by atoms with Crippen LogP contribution in [0.4, 0.5) is 5.69 Å². The van der Waals surface area contributed by atoms with E-state index in [-0.39, 0.29) is 5.75 Å². The highest BCUT2D eigenvalue weighted by atomic mass is 32.2. The molecule has 0 aromatic heterocycles. The van der Waals surface area contributed by atoms with Gasteiger partial charge in [0.25, 0.3) is 0 Å². The number of hydrogen-bond acceptors (Lipinski definition) is 5. The van der Waals surface area contributed by atoms with E-state index in [1.165, 1.54) is 6.26 Å². The number of phenols is 1. The second kappa shape index (κ2) is 5.79. The van der Waals surface area contributed by atoms with Gasteiger partial charge in [-0.15, -0.1) is 0 Å². The topological polar surface area (TPSA) is 60.9 Å². The maximum absolute atomic E-state index is 11.1. The lowest BCUT2D eigenvalue weighted by Crippen LogP contribution is -2.47. The molecular formula is C13H20N2O3S. The quantitative estimate of drug-likeness (QED) is 0.875. The van der Waals surface area contributed by atoms with E-state index in [1.54, 1.807) is 12.1 Å². The van der Waals surface area contributed by atoms with Gasteiger partial charge in [-0.25, -0.2) is 8.42 Å². The summed E-state index contributed by atoms with van der Waals surface area (Å²) < 4.78 is 22.3. The third-order valence-electron chi connectivity index (χ3n) is 3.37. The number of nitrogens with zero attached hydrogens (tertiary/aromatic N) is 2. The van der Waals surface area contributed by atoms with E-state index in [4.69, 9.17) is 0 Å². The van der Waals surface area contributed by atoms with E-state index in [0.717, 1.165) is 31.9 Å². The summed E-state index contributed by atoms with van der Waals surface area (Å²) in [5.74, 6) is 0.510. The summed E-state index contributed by atoms with van der Waals surface area (Å²) in [6.07, 6.45) is 1.27. The molecule has 0 spiro atoms. The summed E-state index contributed by atoms with van der Waals surface area (Å²) >= 11 is 0. The van der Waals surface area contributed by atoms with Crippen molar-refractivity contribution in [1.29, 1.82) is 0 Å². The van der Waals surface area contributed by atoms with Gasteiger partial charge in [-0.2, -0.15) is 0 Å². The SMILES string of the molecule is CS(=O)(=O)CCN1CCN(c2ccccc2O)CC1. The molecule has 6 heteroatoms. The van der Waals surface area contributed by atoms with Crippen LogP contribution in [-0.2, 0) is 9.84 Å². The zero-order chi connectivity index (χ0) is 13.9.